The number of phenols is 1. The highest BCUT2D eigenvalue weighted by Crippen LogP contribution is 2.37. The summed E-state index contributed by atoms with van der Waals surface area (Å²) in [6.45, 7) is 0. The Morgan fingerprint density at radius 2 is 2.12 bits per heavy atom. The second-order valence-electron chi connectivity index (χ2n) is 5.83. The lowest BCUT2D eigenvalue weighted by molar-refractivity contribution is -0.386. The maximum atomic E-state index is 12.3. The number of phenolic OH excluding ortho intramolecular Hbond substituents is 1. The van der Waals surface area contributed by atoms with Crippen LogP contribution in [-0.2, 0) is 4.79 Å². The first-order chi connectivity index (χ1) is 12.0. The van der Waals surface area contributed by atoms with Crippen LogP contribution in [0, 0.1) is 21.4 Å². The van der Waals surface area contributed by atoms with E-state index in [1.165, 1.54) is 19.3 Å². The molecule has 1 fully saturated rings. The average Bonchev–Trinajstić information content (AvgIpc) is 2.61. The molecule has 0 spiro atoms. The van der Waals surface area contributed by atoms with Gasteiger partial charge in [0.05, 0.1) is 12.0 Å². The number of nitriles is 1. The highest BCUT2D eigenvalue weighted by atomic mass is 16.6. The maximum absolute atomic E-state index is 12.3. The van der Waals surface area contributed by atoms with E-state index in [0.717, 1.165) is 38.2 Å². The molecule has 1 aromatic rings. The SMILES string of the molecule is COc1cc(/C=C(/C#N)C(=O)NC2CCCCC2)cc([N+](=O)[O-])c1O. The molecule has 132 valence electrons. The Bertz CT molecular complexity index is 745. The van der Waals surface area contributed by atoms with Crippen molar-refractivity contribution in [2.45, 2.75) is 38.1 Å². The van der Waals surface area contributed by atoms with E-state index in [4.69, 9.17) is 4.74 Å². The lowest BCUT2D eigenvalue weighted by Gasteiger charge is -2.22. The van der Waals surface area contributed by atoms with Gasteiger partial charge in [-0.05, 0) is 30.5 Å². The molecular formula is C17H19N3O5. The van der Waals surface area contributed by atoms with Crippen molar-refractivity contribution in [3.8, 4) is 17.6 Å². The minimum Gasteiger partial charge on any atom is -0.500 e. The molecule has 25 heavy (non-hydrogen) atoms. The molecule has 8 nitrogen and oxygen atoms in total. The van der Waals surface area contributed by atoms with E-state index in [9.17, 15) is 25.3 Å². The zero-order chi connectivity index (χ0) is 18.4. The lowest BCUT2D eigenvalue weighted by atomic mass is 9.95. The van der Waals surface area contributed by atoms with Crippen molar-refractivity contribution in [3.63, 3.8) is 0 Å². The number of hydrogen-bond acceptors (Lipinski definition) is 6. The zero-order valence-electron chi connectivity index (χ0n) is 13.8. The van der Waals surface area contributed by atoms with Gasteiger partial charge in [-0.2, -0.15) is 5.26 Å². The highest BCUT2D eigenvalue weighted by molar-refractivity contribution is 6.02. The molecule has 1 aliphatic carbocycles. The van der Waals surface area contributed by atoms with E-state index < -0.39 is 22.3 Å². The van der Waals surface area contributed by atoms with Gasteiger partial charge in [0.25, 0.3) is 5.91 Å². The predicted octanol–water partition coefficient (Wildman–Crippen LogP) is 2.66. The van der Waals surface area contributed by atoms with Crippen molar-refractivity contribution < 1.29 is 19.6 Å². The number of carbonyl (C=O) groups excluding carboxylic acids is 1. The Kier molecular flexibility index (Phi) is 5.95. The van der Waals surface area contributed by atoms with Gasteiger partial charge in [0.2, 0.25) is 5.75 Å². The van der Waals surface area contributed by atoms with Gasteiger partial charge in [-0.3, -0.25) is 14.9 Å². The van der Waals surface area contributed by atoms with Gasteiger partial charge in [-0.25, -0.2) is 0 Å². The van der Waals surface area contributed by atoms with Gasteiger partial charge in [0.1, 0.15) is 11.6 Å². The Hall–Kier alpha value is -3.08. The van der Waals surface area contributed by atoms with Crippen LogP contribution >= 0.6 is 0 Å². The number of aromatic hydroxyl groups is 1. The van der Waals surface area contributed by atoms with E-state index in [0.29, 0.717) is 0 Å². The Morgan fingerprint density at radius 1 is 1.44 bits per heavy atom. The van der Waals surface area contributed by atoms with Gasteiger partial charge < -0.3 is 15.2 Å². The smallest absolute Gasteiger partial charge is 0.315 e. The summed E-state index contributed by atoms with van der Waals surface area (Å²) in [7, 11) is 1.26. The number of methoxy groups -OCH3 is 1. The standard InChI is InChI=1S/C17H19N3O5/c1-25-15-9-11(8-14(16(15)21)20(23)24)7-12(10-18)17(22)19-13-5-3-2-4-6-13/h7-9,13,21H,2-6H2,1H3,(H,19,22)/b12-7-. The Balaban J connectivity index is 2.29. The molecule has 2 rings (SSSR count). The number of hydrogen-bond donors (Lipinski definition) is 2. The fraction of sp³-hybridized carbons (Fsp3) is 0.412. The van der Waals surface area contributed by atoms with Crippen LogP contribution in [0.15, 0.2) is 17.7 Å². The van der Waals surface area contributed by atoms with Gasteiger partial charge in [-0.1, -0.05) is 19.3 Å². The monoisotopic (exact) mass is 345 g/mol. The van der Waals surface area contributed by atoms with E-state index >= 15 is 0 Å². The van der Waals surface area contributed by atoms with E-state index in [2.05, 4.69) is 5.32 Å². The number of nitro benzene ring substituents is 1. The van der Waals surface area contributed by atoms with Crippen LogP contribution in [0.5, 0.6) is 11.5 Å². The first-order valence-electron chi connectivity index (χ1n) is 7.94. The fourth-order valence-electron chi connectivity index (χ4n) is 2.82. The molecule has 0 bridgehead atoms. The number of nitro groups is 1. The number of carbonyl (C=O) groups is 1. The maximum Gasteiger partial charge on any atom is 0.315 e. The number of nitrogens with one attached hydrogen (secondary N) is 1. The molecule has 0 heterocycles. The molecule has 0 aliphatic heterocycles. The summed E-state index contributed by atoms with van der Waals surface area (Å²) in [4.78, 5) is 22.5. The molecule has 2 N–H and O–H groups in total. The molecule has 0 saturated heterocycles. The van der Waals surface area contributed by atoms with Crippen molar-refractivity contribution >= 4 is 17.7 Å². The molecule has 1 saturated carbocycles. The first kappa shape index (κ1) is 18.3. The van der Waals surface area contributed by atoms with Crippen molar-refractivity contribution in [2.24, 2.45) is 0 Å². The van der Waals surface area contributed by atoms with E-state index in [-0.39, 0.29) is 22.9 Å². The third-order valence-electron chi connectivity index (χ3n) is 4.11. The molecule has 1 aliphatic rings. The fourth-order valence-corrected chi connectivity index (χ4v) is 2.82. The minimum atomic E-state index is -0.761. The molecular weight excluding hydrogens is 326 g/mol. The number of rotatable bonds is 5. The first-order valence-corrected chi connectivity index (χ1v) is 7.94. The van der Waals surface area contributed by atoms with Crippen molar-refractivity contribution in [3.05, 3.63) is 33.4 Å². The van der Waals surface area contributed by atoms with E-state index in [1.807, 2.05) is 6.07 Å². The third-order valence-corrected chi connectivity index (χ3v) is 4.11. The zero-order valence-corrected chi connectivity index (χ0v) is 13.8. The Labute approximate surface area is 144 Å². The molecule has 1 aromatic carbocycles. The van der Waals surface area contributed by atoms with Crippen LogP contribution < -0.4 is 10.1 Å². The van der Waals surface area contributed by atoms with Crippen molar-refractivity contribution in [1.82, 2.24) is 5.32 Å². The summed E-state index contributed by atoms with van der Waals surface area (Å²) in [5.41, 5.74) is -0.500. The molecule has 0 aromatic heterocycles. The third kappa shape index (κ3) is 4.47. The molecule has 0 unspecified atom stereocenters. The summed E-state index contributed by atoms with van der Waals surface area (Å²) in [6.07, 6.45) is 6.22. The van der Waals surface area contributed by atoms with E-state index in [1.54, 1.807) is 0 Å². The quantitative estimate of drug-likeness (QED) is 0.366. The summed E-state index contributed by atoms with van der Waals surface area (Å²) in [5, 5.41) is 32.9. The molecule has 0 atom stereocenters. The minimum absolute atomic E-state index is 0.0432. The summed E-state index contributed by atoms with van der Waals surface area (Å²) in [5.74, 6) is -1.22. The number of ether oxygens (including phenoxy) is 1. The van der Waals surface area contributed by atoms with Gasteiger partial charge in [-0.15, -0.1) is 0 Å². The second-order valence-corrected chi connectivity index (χ2v) is 5.83. The van der Waals surface area contributed by atoms with Crippen LogP contribution in [0.2, 0.25) is 0 Å². The van der Waals surface area contributed by atoms with Crippen molar-refractivity contribution in [2.75, 3.05) is 7.11 Å². The lowest BCUT2D eigenvalue weighted by Crippen LogP contribution is -2.36. The topological polar surface area (TPSA) is 125 Å². The van der Waals surface area contributed by atoms with Crippen molar-refractivity contribution in [1.29, 1.82) is 5.26 Å². The van der Waals surface area contributed by atoms with Crippen LogP contribution in [0.3, 0.4) is 0 Å². The molecule has 8 heteroatoms. The number of nitrogens with zero attached hydrogens (tertiary/aromatic N) is 2. The molecule has 0 radical (unpaired) electrons. The van der Waals surface area contributed by atoms with Crippen LogP contribution in [0.4, 0.5) is 5.69 Å². The second kappa shape index (κ2) is 8.15. The number of benzene rings is 1. The van der Waals surface area contributed by atoms with Crippen LogP contribution in [0.1, 0.15) is 37.7 Å². The van der Waals surface area contributed by atoms with Gasteiger partial charge in [0, 0.05) is 12.1 Å². The summed E-state index contributed by atoms with van der Waals surface area (Å²) < 4.78 is 4.91. The van der Waals surface area contributed by atoms with Crippen LogP contribution in [0.25, 0.3) is 6.08 Å². The average molecular weight is 345 g/mol. The highest BCUT2D eigenvalue weighted by Gasteiger charge is 2.21. The Morgan fingerprint density at radius 3 is 2.68 bits per heavy atom. The van der Waals surface area contributed by atoms with Crippen LogP contribution in [-0.4, -0.2) is 29.1 Å². The largest absolute Gasteiger partial charge is 0.500 e. The predicted molar refractivity (Wildman–Crippen MR) is 89.9 cm³/mol. The molecule has 1 amide bonds. The van der Waals surface area contributed by atoms with Gasteiger partial charge >= 0.3 is 5.69 Å². The van der Waals surface area contributed by atoms with Gasteiger partial charge in [0.15, 0.2) is 5.75 Å². The number of amides is 1. The summed E-state index contributed by atoms with van der Waals surface area (Å²) >= 11 is 0. The normalized spacial score (nSPS) is 15.3. The summed E-state index contributed by atoms with van der Waals surface area (Å²) in [6, 6.07) is 4.27.